The van der Waals surface area contributed by atoms with Gasteiger partial charge in [0.1, 0.15) is 5.82 Å². The second-order valence-corrected chi connectivity index (χ2v) is 3.87. The fourth-order valence-electron chi connectivity index (χ4n) is 1.46. The summed E-state index contributed by atoms with van der Waals surface area (Å²) in [5.74, 6) is 0.887. The molecule has 0 atom stereocenters. The van der Waals surface area contributed by atoms with Crippen molar-refractivity contribution >= 4 is 17.4 Å². The molecule has 84 valence electrons. The first-order valence-electron chi connectivity index (χ1n) is 5.14. The molecule has 0 aliphatic rings. The van der Waals surface area contributed by atoms with Gasteiger partial charge in [0, 0.05) is 18.9 Å². The van der Waals surface area contributed by atoms with Gasteiger partial charge in [0.25, 0.3) is 0 Å². The number of aromatic nitrogens is 3. The molecule has 2 heterocycles. The normalized spacial score (nSPS) is 10.4. The first-order valence-corrected chi connectivity index (χ1v) is 5.52. The summed E-state index contributed by atoms with van der Waals surface area (Å²) in [4.78, 5) is 4.21. The van der Waals surface area contributed by atoms with E-state index in [0.29, 0.717) is 11.6 Å². The monoisotopic (exact) mass is 236 g/mol. The van der Waals surface area contributed by atoms with E-state index in [4.69, 9.17) is 11.6 Å². The van der Waals surface area contributed by atoms with Crippen LogP contribution in [0.3, 0.4) is 0 Å². The van der Waals surface area contributed by atoms with Crippen molar-refractivity contribution < 1.29 is 0 Å². The molecule has 0 aliphatic carbocycles. The Morgan fingerprint density at radius 1 is 1.50 bits per heavy atom. The molecule has 0 fully saturated rings. The maximum Gasteiger partial charge on any atom is 0.126 e. The Labute approximate surface area is 99.3 Å². The van der Waals surface area contributed by atoms with Crippen molar-refractivity contribution in [1.29, 1.82) is 0 Å². The maximum absolute atomic E-state index is 5.80. The molecular formula is C11H13ClN4. The molecule has 0 unspecified atom stereocenters. The minimum atomic E-state index is 0.654. The van der Waals surface area contributed by atoms with Crippen molar-refractivity contribution in [2.75, 3.05) is 11.9 Å². The molecule has 2 aromatic rings. The Morgan fingerprint density at radius 3 is 3.06 bits per heavy atom. The third-order valence-corrected chi connectivity index (χ3v) is 2.32. The number of halogens is 1. The van der Waals surface area contributed by atoms with E-state index in [9.17, 15) is 0 Å². The quantitative estimate of drug-likeness (QED) is 0.887. The van der Waals surface area contributed by atoms with Crippen LogP contribution < -0.4 is 5.32 Å². The lowest BCUT2D eigenvalue weighted by molar-refractivity contribution is 0.686. The Balaban J connectivity index is 2.12. The highest BCUT2D eigenvalue weighted by Crippen LogP contribution is 2.10. The van der Waals surface area contributed by atoms with Crippen LogP contribution in [0, 0.1) is 0 Å². The number of nitrogens with zero attached hydrogens (tertiary/aromatic N) is 3. The van der Waals surface area contributed by atoms with E-state index in [1.807, 2.05) is 19.1 Å². The Morgan fingerprint density at radius 2 is 2.38 bits per heavy atom. The van der Waals surface area contributed by atoms with Crippen molar-refractivity contribution in [3.05, 3.63) is 41.3 Å². The van der Waals surface area contributed by atoms with Crippen LogP contribution in [0.4, 0.5) is 5.82 Å². The van der Waals surface area contributed by atoms with Crippen molar-refractivity contribution in [1.82, 2.24) is 14.8 Å². The van der Waals surface area contributed by atoms with Gasteiger partial charge in [-0.3, -0.25) is 4.68 Å². The van der Waals surface area contributed by atoms with Gasteiger partial charge in [0.15, 0.2) is 0 Å². The summed E-state index contributed by atoms with van der Waals surface area (Å²) in [6.07, 6.45) is 5.22. The van der Waals surface area contributed by atoms with Crippen LogP contribution in [0.5, 0.6) is 0 Å². The molecule has 0 bridgehead atoms. The fourth-order valence-corrected chi connectivity index (χ4v) is 1.62. The first kappa shape index (κ1) is 11.0. The Hall–Kier alpha value is -1.55. The van der Waals surface area contributed by atoms with Crippen molar-refractivity contribution in [2.45, 2.75) is 13.5 Å². The van der Waals surface area contributed by atoms with Gasteiger partial charge in [0.05, 0.1) is 17.8 Å². The van der Waals surface area contributed by atoms with Gasteiger partial charge >= 0.3 is 0 Å². The third-order valence-electron chi connectivity index (χ3n) is 2.13. The zero-order valence-corrected chi connectivity index (χ0v) is 9.78. The van der Waals surface area contributed by atoms with Crippen LogP contribution in [0.15, 0.2) is 30.7 Å². The second kappa shape index (κ2) is 4.99. The van der Waals surface area contributed by atoms with Gasteiger partial charge in [-0.15, -0.1) is 0 Å². The lowest BCUT2D eigenvalue weighted by Crippen LogP contribution is -2.03. The van der Waals surface area contributed by atoms with Crippen LogP contribution in [0.1, 0.15) is 12.5 Å². The standard InChI is InChI=1S/C11H13ClN4/c1-2-13-11-5-9(3-4-14-11)7-16-8-10(12)6-15-16/h3-6,8H,2,7H2,1H3,(H,13,14). The SMILES string of the molecule is CCNc1cc(Cn2cc(Cl)cn2)ccn1. The molecule has 0 radical (unpaired) electrons. The zero-order valence-electron chi connectivity index (χ0n) is 9.02. The fraction of sp³-hybridized carbons (Fsp3) is 0.273. The number of pyridine rings is 1. The van der Waals surface area contributed by atoms with E-state index >= 15 is 0 Å². The van der Waals surface area contributed by atoms with Gasteiger partial charge in [0.2, 0.25) is 0 Å². The highest BCUT2D eigenvalue weighted by molar-refractivity contribution is 6.30. The van der Waals surface area contributed by atoms with E-state index in [-0.39, 0.29) is 0 Å². The number of rotatable bonds is 4. The summed E-state index contributed by atoms with van der Waals surface area (Å²) in [6, 6.07) is 3.98. The summed E-state index contributed by atoms with van der Waals surface area (Å²) < 4.78 is 1.80. The summed E-state index contributed by atoms with van der Waals surface area (Å²) in [5.41, 5.74) is 1.14. The summed E-state index contributed by atoms with van der Waals surface area (Å²) in [6.45, 7) is 3.61. The minimum Gasteiger partial charge on any atom is -0.370 e. The molecule has 0 amide bonds. The topological polar surface area (TPSA) is 42.7 Å². The maximum atomic E-state index is 5.80. The molecule has 0 spiro atoms. The summed E-state index contributed by atoms with van der Waals surface area (Å²) in [5, 5.41) is 7.96. The van der Waals surface area contributed by atoms with E-state index in [1.165, 1.54) is 0 Å². The number of hydrogen-bond acceptors (Lipinski definition) is 3. The lowest BCUT2D eigenvalue weighted by Gasteiger charge is -2.05. The average Bonchev–Trinajstić information content (AvgIpc) is 2.65. The Kier molecular flexibility index (Phi) is 3.41. The molecule has 0 saturated carbocycles. The molecular weight excluding hydrogens is 224 g/mol. The van der Waals surface area contributed by atoms with Crippen LogP contribution in [0.25, 0.3) is 0 Å². The molecule has 4 nitrogen and oxygen atoms in total. The van der Waals surface area contributed by atoms with Crippen LogP contribution in [-0.4, -0.2) is 21.3 Å². The molecule has 2 rings (SSSR count). The number of hydrogen-bond donors (Lipinski definition) is 1. The average molecular weight is 237 g/mol. The third kappa shape index (κ3) is 2.73. The van der Waals surface area contributed by atoms with Crippen molar-refractivity contribution in [2.24, 2.45) is 0 Å². The summed E-state index contributed by atoms with van der Waals surface area (Å²) >= 11 is 5.80. The van der Waals surface area contributed by atoms with Gasteiger partial charge < -0.3 is 5.32 Å². The predicted molar refractivity (Wildman–Crippen MR) is 64.7 cm³/mol. The molecule has 0 aromatic carbocycles. The molecule has 5 heteroatoms. The zero-order chi connectivity index (χ0) is 11.4. The predicted octanol–water partition coefficient (Wildman–Crippen LogP) is 2.41. The van der Waals surface area contributed by atoms with E-state index in [1.54, 1.807) is 23.3 Å². The van der Waals surface area contributed by atoms with Gasteiger partial charge in [-0.2, -0.15) is 5.10 Å². The molecule has 16 heavy (non-hydrogen) atoms. The van der Waals surface area contributed by atoms with E-state index in [2.05, 4.69) is 15.4 Å². The van der Waals surface area contributed by atoms with Gasteiger partial charge in [-0.1, -0.05) is 11.6 Å². The Bertz CT molecular complexity index is 467. The highest BCUT2D eigenvalue weighted by atomic mass is 35.5. The lowest BCUT2D eigenvalue weighted by atomic mass is 10.2. The second-order valence-electron chi connectivity index (χ2n) is 3.44. The van der Waals surface area contributed by atoms with Crippen LogP contribution in [0.2, 0.25) is 5.02 Å². The van der Waals surface area contributed by atoms with Gasteiger partial charge in [-0.25, -0.2) is 4.98 Å². The van der Waals surface area contributed by atoms with Crippen molar-refractivity contribution in [3.63, 3.8) is 0 Å². The first-order chi connectivity index (χ1) is 7.78. The molecule has 1 N–H and O–H groups in total. The summed E-state index contributed by atoms with van der Waals surface area (Å²) in [7, 11) is 0. The molecule has 0 saturated heterocycles. The van der Waals surface area contributed by atoms with E-state index < -0.39 is 0 Å². The highest BCUT2D eigenvalue weighted by Gasteiger charge is 1.99. The van der Waals surface area contributed by atoms with Crippen LogP contribution >= 0.6 is 11.6 Å². The molecule has 2 aromatic heterocycles. The smallest absolute Gasteiger partial charge is 0.126 e. The number of anilines is 1. The van der Waals surface area contributed by atoms with Crippen molar-refractivity contribution in [3.8, 4) is 0 Å². The van der Waals surface area contributed by atoms with Crippen LogP contribution in [-0.2, 0) is 6.54 Å². The largest absolute Gasteiger partial charge is 0.370 e. The molecule has 0 aliphatic heterocycles. The number of nitrogens with one attached hydrogen (secondary N) is 1. The van der Waals surface area contributed by atoms with Gasteiger partial charge in [-0.05, 0) is 24.6 Å². The minimum absolute atomic E-state index is 0.654. The van der Waals surface area contributed by atoms with E-state index in [0.717, 1.165) is 17.9 Å².